The van der Waals surface area contributed by atoms with E-state index in [1.165, 1.54) is 0 Å². The molecule has 1 amide bonds. The molecule has 1 aromatic rings. The molecule has 2 heterocycles. The summed E-state index contributed by atoms with van der Waals surface area (Å²) >= 11 is 0. The molecule has 1 aliphatic heterocycles. The first-order valence-corrected chi connectivity index (χ1v) is 6.78. The first-order chi connectivity index (χ1) is 9.72. The molecule has 0 saturated carbocycles. The molecule has 0 bridgehead atoms. The topological polar surface area (TPSA) is 92.5 Å². The zero-order valence-corrected chi connectivity index (χ0v) is 11.6. The Kier molecular flexibility index (Phi) is 5.28. The van der Waals surface area contributed by atoms with E-state index in [0.717, 1.165) is 19.6 Å². The number of anilines is 1. The standard InChI is InChI=1S/C13H21N5O2/c1-2-18-6-7-20-10(9-18)8-15-13(19)11-4-3-5-12(16-11)17-14/h3-5,10H,2,6-9,14H2,1H3,(H,15,19)(H,16,17). The van der Waals surface area contributed by atoms with E-state index in [0.29, 0.717) is 24.7 Å². The molecule has 0 aliphatic carbocycles. The fourth-order valence-electron chi connectivity index (χ4n) is 2.13. The summed E-state index contributed by atoms with van der Waals surface area (Å²) in [4.78, 5) is 18.4. The number of nitrogen functional groups attached to an aromatic ring is 1. The Hall–Kier alpha value is -1.70. The number of nitrogens with zero attached hydrogens (tertiary/aromatic N) is 2. The van der Waals surface area contributed by atoms with E-state index in [2.05, 4.69) is 27.6 Å². The Labute approximate surface area is 118 Å². The highest BCUT2D eigenvalue weighted by Gasteiger charge is 2.20. The summed E-state index contributed by atoms with van der Waals surface area (Å²) in [7, 11) is 0. The van der Waals surface area contributed by atoms with E-state index >= 15 is 0 Å². The number of aromatic nitrogens is 1. The summed E-state index contributed by atoms with van der Waals surface area (Å²) in [6.45, 7) is 6.10. The predicted molar refractivity (Wildman–Crippen MR) is 76.2 cm³/mol. The average Bonchev–Trinajstić information content (AvgIpc) is 2.52. The molecule has 0 radical (unpaired) electrons. The van der Waals surface area contributed by atoms with Crippen molar-refractivity contribution in [3.63, 3.8) is 0 Å². The molecule has 0 aromatic carbocycles. The van der Waals surface area contributed by atoms with Crippen molar-refractivity contribution in [1.82, 2.24) is 15.2 Å². The first kappa shape index (κ1) is 14.7. The molecule has 20 heavy (non-hydrogen) atoms. The van der Waals surface area contributed by atoms with Gasteiger partial charge in [-0.05, 0) is 18.7 Å². The van der Waals surface area contributed by atoms with Gasteiger partial charge in [0, 0.05) is 19.6 Å². The summed E-state index contributed by atoms with van der Waals surface area (Å²) in [6.07, 6.45) is 0.0310. The van der Waals surface area contributed by atoms with Crippen molar-refractivity contribution in [1.29, 1.82) is 0 Å². The molecule has 1 aliphatic rings. The first-order valence-electron chi connectivity index (χ1n) is 6.78. The Morgan fingerprint density at radius 3 is 3.20 bits per heavy atom. The van der Waals surface area contributed by atoms with Crippen LogP contribution in [0.3, 0.4) is 0 Å². The third kappa shape index (κ3) is 3.89. The van der Waals surface area contributed by atoms with Gasteiger partial charge in [0.15, 0.2) is 0 Å². The number of likely N-dealkylation sites (N-methyl/N-ethyl adjacent to an activating group) is 1. The molecule has 0 spiro atoms. The SMILES string of the molecule is CCN1CCOC(CNC(=O)c2cccc(NN)n2)C1. The molecule has 110 valence electrons. The molecule has 1 atom stereocenters. The lowest BCUT2D eigenvalue weighted by molar-refractivity contribution is -0.0246. The van der Waals surface area contributed by atoms with Crippen LogP contribution in [0.2, 0.25) is 0 Å². The van der Waals surface area contributed by atoms with Crippen molar-refractivity contribution in [2.75, 3.05) is 38.2 Å². The fraction of sp³-hybridized carbons (Fsp3) is 0.538. The number of hydrogen-bond acceptors (Lipinski definition) is 6. The Morgan fingerprint density at radius 1 is 1.60 bits per heavy atom. The number of hydrogen-bond donors (Lipinski definition) is 3. The zero-order valence-electron chi connectivity index (χ0n) is 11.6. The number of carbonyl (C=O) groups excluding carboxylic acids is 1. The smallest absolute Gasteiger partial charge is 0.270 e. The van der Waals surface area contributed by atoms with Crippen LogP contribution >= 0.6 is 0 Å². The van der Waals surface area contributed by atoms with E-state index in [-0.39, 0.29) is 12.0 Å². The maximum absolute atomic E-state index is 12.0. The number of rotatable bonds is 5. The second-order valence-electron chi connectivity index (χ2n) is 4.65. The Bertz CT molecular complexity index is 454. The number of hydrazine groups is 1. The molecule has 4 N–H and O–H groups in total. The van der Waals surface area contributed by atoms with Gasteiger partial charge in [-0.1, -0.05) is 13.0 Å². The summed E-state index contributed by atoms with van der Waals surface area (Å²) < 4.78 is 5.63. The lowest BCUT2D eigenvalue weighted by Gasteiger charge is -2.32. The third-order valence-corrected chi connectivity index (χ3v) is 3.29. The van der Waals surface area contributed by atoms with Crippen LogP contribution in [-0.2, 0) is 4.74 Å². The van der Waals surface area contributed by atoms with Crippen LogP contribution in [-0.4, -0.2) is 54.7 Å². The van der Waals surface area contributed by atoms with Gasteiger partial charge >= 0.3 is 0 Å². The summed E-state index contributed by atoms with van der Waals surface area (Å²) in [5.74, 6) is 5.51. The van der Waals surface area contributed by atoms with Crippen LogP contribution in [0.25, 0.3) is 0 Å². The summed E-state index contributed by atoms with van der Waals surface area (Å²) in [5.41, 5.74) is 2.76. The van der Waals surface area contributed by atoms with Gasteiger partial charge in [-0.25, -0.2) is 10.8 Å². The van der Waals surface area contributed by atoms with Crippen LogP contribution in [0.15, 0.2) is 18.2 Å². The molecule has 1 unspecified atom stereocenters. The third-order valence-electron chi connectivity index (χ3n) is 3.29. The van der Waals surface area contributed by atoms with Gasteiger partial charge in [0.1, 0.15) is 11.5 Å². The largest absolute Gasteiger partial charge is 0.374 e. The number of nitrogens with one attached hydrogen (secondary N) is 2. The summed E-state index contributed by atoms with van der Waals surface area (Å²) in [6, 6.07) is 5.07. The second-order valence-corrected chi connectivity index (χ2v) is 4.65. The highest BCUT2D eigenvalue weighted by molar-refractivity contribution is 5.92. The van der Waals surface area contributed by atoms with Crippen molar-refractivity contribution in [3.8, 4) is 0 Å². The highest BCUT2D eigenvalue weighted by Crippen LogP contribution is 2.05. The van der Waals surface area contributed by atoms with Crippen LogP contribution in [0, 0.1) is 0 Å². The lowest BCUT2D eigenvalue weighted by Crippen LogP contribution is -2.47. The number of morpholine rings is 1. The van der Waals surface area contributed by atoms with Crippen LogP contribution in [0.4, 0.5) is 5.82 Å². The van der Waals surface area contributed by atoms with E-state index in [1.54, 1.807) is 18.2 Å². The highest BCUT2D eigenvalue weighted by atomic mass is 16.5. The molecule has 7 nitrogen and oxygen atoms in total. The molecule has 7 heteroatoms. The van der Waals surface area contributed by atoms with E-state index in [1.807, 2.05) is 0 Å². The summed E-state index contributed by atoms with van der Waals surface area (Å²) in [5, 5.41) is 2.84. The predicted octanol–water partition coefficient (Wildman–Crippen LogP) is -0.182. The van der Waals surface area contributed by atoms with E-state index in [4.69, 9.17) is 10.6 Å². The maximum atomic E-state index is 12.0. The molecular formula is C13H21N5O2. The minimum absolute atomic E-state index is 0.0310. The molecule has 1 fully saturated rings. The van der Waals surface area contributed by atoms with Crippen molar-refractivity contribution in [2.45, 2.75) is 13.0 Å². The van der Waals surface area contributed by atoms with E-state index in [9.17, 15) is 4.79 Å². The molecule has 2 rings (SSSR count). The Balaban J connectivity index is 1.85. The number of carbonyl (C=O) groups is 1. The van der Waals surface area contributed by atoms with Crippen LogP contribution in [0.1, 0.15) is 17.4 Å². The molecule has 1 saturated heterocycles. The van der Waals surface area contributed by atoms with Crippen molar-refractivity contribution >= 4 is 11.7 Å². The van der Waals surface area contributed by atoms with E-state index < -0.39 is 0 Å². The molecular weight excluding hydrogens is 258 g/mol. The number of pyridine rings is 1. The van der Waals surface area contributed by atoms with Gasteiger partial charge in [0.2, 0.25) is 0 Å². The molecule has 1 aromatic heterocycles. The average molecular weight is 279 g/mol. The van der Waals surface area contributed by atoms with Crippen LogP contribution < -0.4 is 16.6 Å². The maximum Gasteiger partial charge on any atom is 0.270 e. The van der Waals surface area contributed by atoms with Crippen molar-refractivity contribution in [3.05, 3.63) is 23.9 Å². The quantitative estimate of drug-likeness (QED) is 0.511. The lowest BCUT2D eigenvalue weighted by atomic mass is 10.2. The van der Waals surface area contributed by atoms with Gasteiger partial charge in [0.25, 0.3) is 5.91 Å². The second kappa shape index (κ2) is 7.18. The minimum atomic E-state index is -0.223. The fourth-order valence-corrected chi connectivity index (χ4v) is 2.13. The van der Waals surface area contributed by atoms with Gasteiger partial charge in [0.05, 0.1) is 12.7 Å². The Morgan fingerprint density at radius 2 is 2.45 bits per heavy atom. The van der Waals surface area contributed by atoms with Gasteiger partial charge < -0.3 is 15.5 Å². The van der Waals surface area contributed by atoms with Gasteiger partial charge in [-0.2, -0.15) is 0 Å². The number of nitrogens with two attached hydrogens (primary N) is 1. The normalized spacial score (nSPS) is 19.6. The van der Waals surface area contributed by atoms with Gasteiger partial charge in [-0.15, -0.1) is 0 Å². The zero-order chi connectivity index (χ0) is 14.4. The number of amides is 1. The van der Waals surface area contributed by atoms with Crippen molar-refractivity contribution in [2.24, 2.45) is 5.84 Å². The number of ether oxygens (including phenoxy) is 1. The van der Waals surface area contributed by atoms with Crippen molar-refractivity contribution < 1.29 is 9.53 Å². The monoisotopic (exact) mass is 279 g/mol. The minimum Gasteiger partial charge on any atom is -0.374 e. The van der Waals surface area contributed by atoms with Gasteiger partial charge in [-0.3, -0.25) is 9.69 Å². The van der Waals surface area contributed by atoms with Crippen LogP contribution in [0.5, 0.6) is 0 Å².